The molecular weight excluding hydrogens is 375 g/mol. The van der Waals surface area contributed by atoms with Gasteiger partial charge in [-0.3, -0.25) is 0 Å². The van der Waals surface area contributed by atoms with E-state index < -0.39 is 12.7 Å². The molecule has 100 valence electrons. The van der Waals surface area contributed by atoms with Gasteiger partial charge in [0.15, 0.2) is 0 Å². The van der Waals surface area contributed by atoms with Crippen LogP contribution in [0.15, 0.2) is 22.7 Å². The van der Waals surface area contributed by atoms with Gasteiger partial charge in [0.05, 0.1) is 0 Å². The lowest BCUT2D eigenvalue weighted by molar-refractivity contribution is -0.120. The van der Waals surface area contributed by atoms with Crippen LogP contribution in [-0.4, -0.2) is 18.8 Å². The highest BCUT2D eigenvalue weighted by Crippen LogP contribution is 2.36. The van der Waals surface area contributed by atoms with E-state index in [1.54, 1.807) is 12.1 Å². The van der Waals surface area contributed by atoms with E-state index in [0.717, 1.165) is 22.9 Å². The van der Waals surface area contributed by atoms with Gasteiger partial charge in [0, 0.05) is 21.5 Å². The summed E-state index contributed by atoms with van der Waals surface area (Å²) in [4.78, 5) is 1.45. The molecule has 18 heavy (non-hydrogen) atoms. The van der Waals surface area contributed by atoms with Crippen LogP contribution in [0.5, 0.6) is 0 Å². The first-order valence-electron chi connectivity index (χ1n) is 5.58. The molecule has 1 aromatic carbocycles. The summed E-state index contributed by atoms with van der Waals surface area (Å²) < 4.78 is 38.5. The van der Waals surface area contributed by atoms with Gasteiger partial charge in [-0.2, -0.15) is 13.2 Å². The minimum Gasteiger partial charge on any atom is -0.359 e. The molecule has 0 spiro atoms. The lowest BCUT2D eigenvalue weighted by atomic mass is 10.2. The minimum absolute atomic E-state index is 0.0355. The summed E-state index contributed by atoms with van der Waals surface area (Å²) in [5, 5.41) is 0.677. The summed E-state index contributed by atoms with van der Waals surface area (Å²) in [6.07, 6.45) is -2.48. The van der Waals surface area contributed by atoms with Crippen molar-refractivity contribution in [3.05, 3.63) is 28.2 Å². The zero-order chi connectivity index (χ0) is 13.3. The van der Waals surface area contributed by atoms with Crippen molar-refractivity contribution >= 4 is 37.5 Å². The lowest BCUT2D eigenvalue weighted by Gasteiger charge is -2.26. The number of hydrogen-bond donors (Lipinski definition) is 0. The van der Waals surface area contributed by atoms with Crippen LogP contribution in [-0.2, 0) is 5.33 Å². The highest BCUT2D eigenvalue weighted by Gasteiger charge is 2.38. The first-order chi connectivity index (χ1) is 8.40. The predicted molar refractivity (Wildman–Crippen MR) is 73.2 cm³/mol. The molecule has 0 amide bonds. The van der Waals surface area contributed by atoms with Crippen molar-refractivity contribution in [2.75, 3.05) is 11.4 Å². The van der Waals surface area contributed by atoms with Crippen molar-refractivity contribution in [2.45, 2.75) is 30.4 Å². The third-order valence-corrected chi connectivity index (χ3v) is 4.19. The van der Waals surface area contributed by atoms with Gasteiger partial charge >= 0.3 is 6.18 Å². The molecule has 0 aromatic heterocycles. The second kappa shape index (κ2) is 5.41. The van der Waals surface area contributed by atoms with Gasteiger partial charge < -0.3 is 4.90 Å². The van der Waals surface area contributed by atoms with Gasteiger partial charge in [-0.05, 0) is 30.5 Å². The number of halogens is 5. The summed E-state index contributed by atoms with van der Waals surface area (Å²) in [5.74, 6) is 0. The molecule has 1 aromatic rings. The van der Waals surface area contributed by atoms with Crippen LogP contribution in [0.3, 0.4) is 0 Å². The normalized spacial score (nSPS) is 15.8. The van der Waals surface area contributed by atoms with Crippen LogP contribution in [0.2, 0.25) is 0 Å². The SMILES string of the molecule is FC(F)(F)CN(c1ccc(CBr)c(Br)c1)C1CC1. The fraction of sp³-hybridized carbons (Fsp3) is 0.500. The fourth-order valence-corrected chi connectivity index (χ4v) is 3.21. The second-order valence-electron chi connectivity index (χ2n) is 4.38. The standard InChI is InChI=1S/C12H12Br2F3N/c13-6-8-1-2-10(5-11(8)14)18(9-3-4-9)7-12(15,16)17/h1-2,5,9H,3-4,6-7H2. The van der Waals surface area contributed by atoms with Crippen LogP contribution in [0.1, 0.15) is 18.4 Å². The van der Waals surface area contributed by atoms with Gasteiger partial charge in [-0.25, -0.2) is 0 Å². The van der Waals surface area contributed by atoms with Gasteiger partial charge in [0.1, 0.15) is 6.54 Å². The van der Waals surface area contributed by atoms with Crippen molar-refractivity contribution in [3.8, 4) is 0 Å². The molecule has 2 rings (SSSR count). The Morgan fingerprint density at radius 3 is 2.39 bits per heavy atom. The Morgan fingerprint density at radius 1 is 1.28 bits per heavy atom. The third kappa shape index (κ3) is 3.63. The number of benzene rings is 1. The van der Waals surface area contributed by atoms with E-state index in [-0.39, 0.29) is 6.04 Å². The quantitative estimate of drug-likeness (QED) is 0.667. The minimum atomic E-state index is -4.16. The summed E-state index contributed by atoms with van der Waals surface area (Å²) in [6, 6.07) is 5.40. The van der Waals surface area contributed by atoms with Gasteiger partial charge in [-0.15, -0.1) is 0 Å². The zero-order valence-electron chi connectivity index (χ0n) is 9.47. The fourth-order valence-electron chi connectivity index (χ4n) is 1.83. The molecule has 0 atom stereocenters. The van der Waals surface area contributed by atoms with E-state index >= 15 is 0 Å². The van der Waals surface area contributed by atoms with Gasteiger partial charge in [-0.1, -0.05) is 37.9 Å². The summed E-state index contributed by atoms with van der Waals surface area (Å²) in [5.41, 5.74) is 1.66. The van der Waals surface area contributed by atoms with Crippen LogP contribution >= 0.6 is 31.9 Å². The molecule has 0 heterocycles. The molecule has 1 saturated carbocycles. The molecule has 1 nitrogen and oxygen atoms in total. The number of nitrogens with zero attached hydrogens (tertiary/aromatic N) is 1. The topological polar surface area (TPSA) is 3.24 Å². The Labute approximate surface area is 121 Å². The Bertz CT molecular complexity index is 430. The molecule has 0 bridgehead atoms. The monoisotopic (exact) mass is 385 g/mol. The number of alkyl halides is 4. The van der Waals surface area contributed by atoms with Crippen LogP contribution in [0.25, 0.3) is 0 Å². The third-order valence-electron chi connectivity index (χ3n) is 2.85. The molecule has 6 heteroatoms. The molecule has 1 aliphatic rings. The molecule has 0 saturated heterocycles. The van der Waals surface area contributed by atoms with Gasteiger partial charge in [0.25, 0.3) is 0 Å². The Morgan fingerprint density at radius 2 is 1.94 bits per heavy atom. The van der Waals surface area contributed by atoms with Crippen molar-refractivity contribution in [3.63, 3.8) is 0 Å². The van der Waals surface area contributed by atoms with E-state index in [1.807, 2.05) is 6.07 Å². The van der Waals surface area contributed by atoms with Crippen LogP contribution in [0, 0.1) is 0 Å². The van der Waals surface area contributed by atoms with Crippen molar-refractivity contribution in [2.24, 2.45) is 0 Å². The molecule has 1 fully saturated rings. The van der Waals surface area contributed by atoms with Crippen molar-refractivity contribution < 1.29 is 13.2 Å². The molecule has 0 radical (unpaired) electrons. The molecule has 1 aliphatic carbocycles. The number of rotatable bonds is 4. The highest BCUT2D eigenvalue weighted by molar-refractivity contribution is 9.10. The van der Waals surface area contributed by atoms with Gasteiger partial charge in [0.2, 0.25) is 0 Å². The average molecular weight is 387 g/mol. The summed E-state index contributed by atoms with van der Waals surface area (Å²) >= 11 is 6.72. The predicted octanol–water partition coefficient (Wildman–Crippen LogP) is 4.88. The maximum Gasteiger partial charge on any atom is 0.405 e. The first kappa shape index (κ1) is 14.2. The maximum atomic E-state index is 12.6. The Hall–Kier alpha value is -0.230. The molecule has 0 N–H and O–H groups in total. The number of anilines is 1. The largest absolute Gasteiger partial charge is 0.405 e. The summed E-state index contributed by atoms with van der Waals surface area (Å²) in [6.45, 7) is -0.877. The van der Waals surface area contributed by atoms with E-state index in [0.29, 0.717) is 11.0 Å². The average Bonchev–Trinajstić information content (AvgIpc) is 3.08. The number of hydrogen-bond acceptors (Lipinski definition) is 1. The first-order valence-corrected chi connectivity index (χ1v) is 7.50. The van der Waals surface area contributed by atoms with E-state index in [1.165, 1.54) is 4.90 Å². The molecular formula is C12H12Br2F3N. The Kier molecular flexibility index (Phi) is 4.26. The van der Waals surface area contributed by atoms with Crippen molar-refractivity contribution in [1.82, 2.24) is 0 Å². The molecule has 0 unspecified atom stereocenters. The van der Waals surface area contributed by atoms with E-state index in [9.17, 15) is 13.2 Å². The summed E-state index contributed by atoms with van der Waals surface area (Å²) in [7, 11) is 0. The maximum absolute atomic E-state index is 12.6. The van der Waals surface area contributed by atoms with E-state index in [2.05, 4.69) is 31.9 Å². The lowest BCUT2D eigenvalue weighted by Crippen LogP contribution is -2.35. The highest BCUT2D eigenvalue weighted by atomic mass is 79.9. The van der Waals surface area contributed by atoms with Crippen LogP contribution in [0.4, 0.5) is 18.9 Å². The van der Waals surface area contributed by atoms with Crippen LogP contribution < -0.4 is 4.90 Å². The Balaban J connectivity index is 2.23. The van der Waals surface area contributed by atoms with Crippen molar-refractivity contribution in [1.29, 1.82) is 0 Å². The second-order valence-corrected chi connectivity index (χ2v) is 5.80. The van der Waals surface area contributed by atoms with E-state index in [4.69, 9.17) is 0 Å². The smallest absolute Gasteiger partial charge is 0.359 e. The molecule has 0 aliphatic heterocycles. The zero-order valence-corrected chi connectivity index (χ0v) is 12.6.